The second-order valence-electron chi connectivity index (χ2n) is 6.41. The average Bonchev–Trinajstić information content (AvgIpc) is 3.39. The van der Waals surface area contributed by atoms with E-state index in [1.165, 1.54) is 0 Å². The van der Waals surface area contributed by atoms with Crippen LogP contribution in [0.15, 0.2) is 47.6 Å². The van der Waals surface area contributed by atoms with E-state index in [0.717, 1.165) is 22.0 Å². The molecule has 0 amide bonds. The maximum atomic E-state index is 9.37. The Morgan fingerprint density at radius 3 is 2.46 bits per heavy atom. The topological polar surface area (TPSA) is 74.4 Å². The Morgan fingerprint density at radius 2 is 1.82 bits per heavy atom. The number of nitrogens with zero attached hydrogens (tertiary/aromatic N) is 2. The first-order valence-corrected chi connectivity index (χ1v) is 8.89. The van der Waals surface area contributed by atoms with E-state index in [4.69, 9.17) is 18.9 Å². The molecule has 7 heteroatoms. The molecule has 1 unspecified atom stereocenters. The quantitative estimate of drug-likeness (QED) is 0.709. The van der Waals surface area contributed by atoms with E-state index in [2.05, 4.69) is 4.99 Å². The van der Waals surface area contributed by atoms with Crippen LogP contribution in [0.2, 0.25) is 0 Å². The first-order valence-electron chi connectivity index (χ1n) is 8.89. The molecule has 0 bridgehead atoms. The molecular formula is C21H22N2O5. The normalized spacial score (nSPS) is 16.0. The predicted octanol–water partition coefficient (Wildman–Crippen LogP) is 3.14. The van der Waals surface area contributed by atoms with Crippen LogP contribution in [0, 0.1) is 0 Å². The van der Waals surface area contributed by atoms with Crippen molar-refractivity contribution >= 4 is 16.8 Å². The summed E-state index contributed by atoms with van der Waals surface area (Å²) in [6.07, 6.45) is 1.62. The SMILES string of the molecule is COc1cc(C2CN=C(c3ccc4c(ccn4CO)c3)O2)cc(OC)c1OC. The van der Waals surface area contributed by atoms with Gasteiger partial charge < -0.3 is 28.6 Å². The van der Waals surface area contributed by atoms with Gasteiger partial charge in [0.15, 0.2) is 11.5 Å². The molecule has 4 rings (SSSR count). The van der Waals surface area contributed by atoms with E-state index in [-0.39, 0.29) is 12.8 Å². The molecule has 1 aliphatic heterocycles. The van der Waals surface area contributed by atoms with Gasteiger partial charge in [0, 0.05) is 22.7 Å². The van der Waals surface area contributed by atoms with Crippen molar-refractivity contribution in [1.82, 2.24) is 4.57 Å². The third-order valence-electron chi connectivity index (χ3n) is 4.88. The van der Waals surface area contributed by atoms with Crippen molar-refractivity contribution in [2.45, 2.75) is 12.8 Å². The van der Waals surface area contributed by atoms with Gasteiger partial charge in [0.25, 0.3) is 0 Å². The highest BCUT2D eigenvalue weighted by Crippen LogP contribution is 2.41. The van der Waals surface area contributed by atoms with Crippen molar-refractivity contribution in [3.05, 3.63) is 53.7 Å². The summed E-state index contributed by atoms with van der Waals surface area (Å²) < 4.78 is 24.1. The van der Waals surface area contributed by atoms with Crippen LogP contribution >= 0.6 is 0 Å². The number of hydrogen-bond donors (Lipinski definition) is 1. The highest BCUT2D eigenvalue weighted by molar-refractivity contribution is 5.99. The predicted molar refractivity (Wildman–Crippen MR) is 105 cm³/mol. The Bertz CT molecular complexity index is 1020. The summed E-state index contributed by atoms with van der Waals surface area (Å²) in [5.41, 5.74) is 2.77. The second-order valence-corrected chi connectivity index (χ2v) is 6.41. The van der Waals surface area contributed by atoms with Crippen molar-refractivity contribution in [1.29, 1.82) is 0 Å². The molecule has 1 N–H and O–H groups in total. The number of ether oxygens (including phenoxy) is 4. The summed E-state index contributed by atoms with van der Waals surface area (Å²) >= 11 is 0. The fourth-order valence-electron chi connectivity index (χ4n) is 3.45. The van der Waals surface area contributed by atoms with Gasteiger partial charge in [0.05, 0.1) is 33.4 Å². The molecule has 1 aliphatic rings. The molecule has 1 atom stereocenters. The van der Waals surface area contributed by atoms with E-state index in [9.17, 15) is 5.11 Å². The molecule has 0 aliphatic carbocycles. The summed E-state index contributed by atoms with van der Waals surface area (Å²) in [6.45, 7) is 0.452. The van der Waals surface area contributed by atoms with Gasteiger partial charge in [-0.1, -0.05) is 0 Å². The Balaban J connectivity index is 1.60. The highest BCUT2D eigenvalue weighted by atomic mass is 16.5. The number of hydrogen-bond acceptors (Lipinski definition) is 6. The summed E-state index contributed by atoms with van der Waals surface area (Å²) in [5, 5.41) is 10.4. The fourth-order valence-corrected chi connectivity index (χ4v) is 3.45. The van der Waals surface area contributed by atoms with Gasteiger partial charge in [0.1, 0.15) is 12.8 Å². The molecule has 7 nitrogen and oxygen atoms in total. The number of fused-ring (bicyclic) bond motifs is 1. The molecule has 0 radical (unpaired) electrons. The first kappa shape index (κ1) is 18.2. The van der Waals surface area contributed by atoms with E-state index >= 15 is 0 Å². The van der Waals surface area contributed by atoms with Crippen LogP contribution in [0.5, 0.6) is 17.2 Å². The van der Waals surface area contributed by atoms with E-state index in [0.29, 0.717) is 29.7 Å². The van der Waals surface area contributed by atoms with Gasteiger partial charge in [-0.25, -0.2) is 4.99 Å². The number of methoxy groups -OCH3 is 3. The highest BCUT2D eigenvalue weighted by Gasteiger charge is 2.26. The smallest absolute Gasteiger partial charge is 0.216 e. The molecule has 0 saturated carbocycles. The van der Waals surface area contributed by atoms with Crippen LogP contribution in [-0.2, 0) is 11.5 Å². The summed E-state index contributed by atoms with van der Waals surface area (Å²) in [7, 11) is 4.76. The zero-order valence-electron chi connectivity index (χ0n) is 16.0. The van der Waals surface area contributed by atoms with Gasteiger partial charge in [-0.3, -0.25) is 0 Å². The summed E-state index contributed by atoms with van der Waals surface area (Å²) in [6, 6.07) is 11.6. The Labute approximate surface area is 162 Å². The van der Waals surface area contributed by atoms with Crippen molar-refractivity contribution < 1.29 is 24.1 Å². The molecule has 2 heterocycles. The monoisotopic (exact) mass is 382 g/mol. The van der Waals surface area contributed by atoms with E-state index < -0.39 is 0 Å². The maximum Gasteiger partial charge on any atom is 0.216 e. The number of aliphatic hydroxyl groups is 1. The average molecular weight is 382 g/mol. The number of aliphatic hydroxyl groups excluding tert-OH is 1. The number of aliphatic imine (C=N–C) groups is 1. The third kappa shape index (κ3) is 3.03. The molecule has 28 heavy (non-hydrogen) atoms. The minimum Gasteiger partial charge on any atom is -0.493 e. The minimum absolute atomic E-state index is 0.0521. The summed E-state index contributed by atoms with van der Waals surface area (Å²) in [4.78, 5) is 4.58. The van der Waals surface area contributed by atoms with Crippen LogP contribution in [0.4, 0.5) is 0 Å². The van der Waals surface area contributed by atoms with Crippen LogP contribution in [0.1, 0.15) is 17.2 Å². The largest absolute Gasteiger partial charge is 0.493 e. The maximum absolute atomic E-state index is 9.37. The molecule has 0 spiro atoms. The van der Waals surface area contributed by atoms with E-state index in [1.807, 2.05) is 42.6 Å². The lowest BCUT2D eigenvalue weighted by molar-refractivity contribution is 0.215. The zero-order valence-corrected chi connectivity index (χ0v) is 16.0. The zero-order chi connectivity index (χ0) is 19.7. The van der Waals surface area contributed by atoms with Crippen molar-refractivity contribution in [2.24, 2.45) is 4.99 Å². The lowest BCUT2D eigenvalue weighted by Crippen LogP contribution is -2.07. The van der Waals surface area contributed by atoms with Crippen LogP contribution < -0.4 is 14.2 Å². The van der Waals surface area contributed by atoms with Gasteiger partial charge in [-0.2, -0.15) is 0 Å². The number of aromatic nitrogens is 1. The van der Waals surface area contributed by atoms with Gasteiger partial charge in [-0.15, -0.1) is 0 Å². The van der Waals surface area contributed by atoms with Gasteiger partial charge in [-0.05, 0) is 36.4 Å². The standard InChI is InChI=1S/C21H22N2O5/c1-25-17-9-15(10-18(26-2)20(17)27-3)19-11-22-21(28-19)14-4-5-16-13(8-14)6-7-23(16)12-24/h4-10,19,24H,11-12H2,1-3H3. The van der Waals surface area contributed by atoms with Crippen LogP contribution in [-0.4, -0.2) is 43.4 Å². The fraction of sp³-hybridized carbons (Fsp3) is 0.286. The molecule has 1 aromatic heterocycles. The minimum atomic E-state index is -0.235. The Kier molecular flexibility index (Phi) is 4.83. The lowest BCUT2D eigenvalue weighted by Gasteiger charge is -2.17. The second kappa shape index (κ2) is 7.44. The third-order valence-corrected chi connectivity index (χ3v) is 4.88. The Hall–Kier alpha value is -3.19. The van der Waals surface area contributed by atoms with Crippen LogP contribution in [0.25, 0.3) is 10.9 Å². The molecule has 3 aromatic rings. The molecule has 0 fully saturated rings. The van der Waals surface area contributed by atoms with E-state index in [1.54, 1.807) is 25.9 Å². The number of rotatable bonds is 6. The molecule has 146 valence electrons. The van der Waals surface area contributed by atoms with Gasteiger partial charge in [0.2, 0.25) is 11.6 Å². The van der Waals surface area contributed by atoms with Crippen LogP contribution in [0.3, 0.4) is 0 Å². The Morgan fingerprint density at radius 1 is 1.07 bits per heavy atom. The number of benzene rings is 2. The lowest BCUT2D eigenvalue weighted by atomic mass is 10.1. The van der Waals surface area contributed by atoms with Crippen molar-refractivity contribution in [2.75, 3.05) is 27.9 Å². The van der Waals surface area contributed by atoms with Gasteiger partial charge >= 0.3 is 0 Å². The molecule has 0 saturated heterocycles. The molecule has 2 aromatic carbocycles. The van der Waals surface area contributed by atoms with Crippen molar-refractivity contribution in [3.8, 4) is 17.2 Å². The summed E-state index contributed by atoms with van der Waals surface area (Å²) in [5.74, 6) is 2.31. The first-order chi connectivity index (χ1) is 13.7. The molecular weight excluding hydrogens is 360 g/mol. The van der Waals surface area contributed by atoms with Crippen molar-refractivity contribution in [3.63, 3.8) is 0 Å².